The van der Waals surface area contributed by atoms with Gasteiger partial charge < -0.3 is 9.88 Å². The van der Waals surface area contributed by atoms with Gasteiger partial charge in [-0.25, -0.2) is 4.98 Å². The van der Waals surface area contributed by atoms with Crippen LogP contribution in [0.15, 0.2) is 42.7 Å². The van der Waals surface area contributed by atoms with Gasteiger partial charge >= 0.3 is 0 Å². The molecule has 5 heteroatoms. The first-order valence-electron chi connectivity index (χ1n) is 9.09. The van der Waals surface area contributed by atoms with Crippen molar-refractivity contribution in [1.29, 1.82) is 0 Å². The van der Waals surface area contributed by atoms with Gasteiger partial charge in [0, 0.05) is 57.7 Å². The number of aromatic nitrogens is 2. The molecule has 2 aliphatic rings. The van der Waals surface area contributed by atoms with Crippen molar-refractivity contribution < 1.29 is 0 Å². The standard InChI is InChI=1S/C19H27N5/c1-2-4-17(5-3-1)15-24-9-8-21-19(24)16-22-10-12-23(13-11-22)18-6-7-20-14-18/h1-5,8-9,18,20H,6-7,10-16H2/t18-/m0/s1. The minimum atomic E-state index is 0.757. The Kier molecular flexibility index (Phi) is 4.92. The zero-order valence-electron chi connectivity index (χ0n) is 14.3. The molecule has 0 saturated carbocycles. The van der Waals surface area contributed by atoms with Gasteiger partial charge in [0.2, 0.25) is 0 Å². The molecule has 24 heavy (non-hydrogen) atoms. The fraction of sp³-hybridized carbons (Fsp3) is 0.526. The lowest BCUT2D eigenvalue weighted by atomic mass is 10.2. The van der Waals surface area contributed by atoms with Crippen molar-refractivity contribution in [3.8, 4) is 0 Å². The van der Waals surface area contributed by atoms with Crippen molar-refractivity contribution in [3.63, 3.8) is 0 Å². The quantitative estimate of drug-likeness (QED) is 0.902. The molecule has 1 atom stereocenters. The monoisotopic (exact) mass is 325 g/mol. The van der Waals surface area contributed by atoms with Gasteiger partial charge in [-0.2, -0.15) is 0 Å². The smallest absolute Gasteiger partial charge is 0.123 e. The molecule has 0 amide bonds. The Balaban J connectivity index is 1.33. The van der Waals surface area contributed by atoms with Gasteiger partial charge in [-0.3, -0.25) is 9.80 Å². The van der Waals surface area contributed by atoms with E-state index in [2.05, 4.69) is 61.2 Å². The molecule has 1 aromatic carbocycles. The second-order valence-corrected chi connectivity index (χ2v) is 6.92. The Labute approximate surface area is 144 Å². The van der Waals surface area contributed by atoms with E-state index in [9.17, 15) is 0 Å². The molecule has 0 radical (unpaired) electrons. The molecule has 3 heterocycles. The summed E-state index contributed by atoms with van der Waals surface area (Å²) < 4.78 is 2.28. The first-order chi connectivity index (χ1) is 11.9. The van der Waals surface area contributed by atoms with E-state index in [-0.39, 0.29) is 0 Å². The number of hydrogen-bond donors (Lipinski definition) is 1. The Morgan fingerprint density at radius 3 is 2.62 bits per heavy atom. The van der Waals surface area contributed by atoms with Gasteiger partial charge in [0.1, 0.15) is 5.82 Å². The maximum absolute atomic E-state index is 4.60. The minimum absolute atomic E-state index is 0.757. The van der Waals surface area contributed by atoms with Crippen molar-refractivity contribution in [3.05, 3.63) is 54.1 Å². The van der Waals surface area contributed by atoms with Gasteiger partial charge in [0.15, 0.2) is 0 Å². The zero-order valence-corrected chi connectivity index (χ0v) is 14.3. The van der Waals surface area contributed by atoms with Gasteiger partial charge in [-0.05, 0) is 18.5 Å². The molecule has 0 unspecified atom stereocenters. The van der Waals surface area contributed by atoms with E-state index in [4.69, 9.17) is 0 Å². The zero-order chi connectivity index (χ0) is 16.2. The van der Waals surface area contributed by atoms with Crippen LogP contribution >= 0.6 is 0 Å². The van der Waals surface area contributed by atoms with E-state index in [0.717, 1.165) is 32.2 Å². The van der Waals surface area contributed by atoms with Crippen LogP contribution in [-0.2, 0) is 13.1 Å². The van der Waals surface area contributed by atoms with Crippen molar-refractivity contribution in [2.75, 3.05) is 39.3 Å². The molecule has 4 rings (SSSR count). The molecular weight excluding hydrogens is 298 g/mol. The predicted molar refractivity (Wildman–Crippen MR) is 95.9 cm³/mol. The van der Waals surface area contributed by atoms with Crippen LogP contribution in [0, 0.1) is 0 Å². The second-order valence-electron chi connectivity index (χ2n) is 6.92. The van der Waals surface area contributed by atoms with E-state index >= 15 is 0 Å². The first kappa shape index (κ1) is 15.8. The van der Waals surface area contributed by atoms with Crippen LogP contribution in [0.4, 0.5) is 0 Å². The largest absolute Gasteiger partial charge is 0.329 e. The average molecular weight is 325 g/mol. The summed E-state index contributed by atoms with van der Waals surface area (Å²) in [5, 5.41) is 3.48. The molecule has 2 aliphatic heterocycles. The first-order valence-corrected chi connectivity index (χ1v) is 9.09. The summed E-state index contributed by atoms with van der Waals surface area (Å²) >= 11 is 0. The van der Waals surface area contributed by atoms with Crippen LogP contribution in [0.5, 0.6) is 0 Å². The molecule has 128 valence electrons. The van der Waals surface area contributed by atoms with Crippen LogP contribution in [0.25, 0.3) is 0 Å². The molecular formula is C19H27N5. The van der Waals surface area contributed by atoms with Gasteiger partial charge in [0.05, 0.1) is 6.54 Å². The van der Waals surface area contributed by atoms with E-state index < -0.39 is 0 Å². The normalized spacial score (nSPS) is 22.9. The number of hydrogen-bond acceptors (Lipinski definition) is 4. The van der Waals surface area contributed by atoms with Crippen molar-refractivity contribution in [1.82, 2.24) is 24.7 Å². The molecule has 2 fully saturated rings. The highest BCUT2D eigenvalue weighted by Crippen LogP contribution is 2.14. The topological polar surface area (TPSA) is 36.3 Å². The Morgan fingerprint density at radius 2 is 1.88 bits per heavy atom. The predicted octanol–water partition coefficient (Wildman–Crippen LogP) is 1.41. The fourth-order valence-electron chi connectivity index (χ4n) is 3.85. The summed E-state index contributed by atoms with van der Waals surface area (Å²) in [4.78, 5) is 9.80. The van der Waals surface area contributed by atoms with Crippen molar-refractivity contribution in [2.24, 2.45) is 0 Å². The van der Waals surface area contributed by atoms with E-state index in [1.807, 2.05) is 6.20 Å². The van der Waals surface area contributed by atoms with Gasteiger partial charge in [0.25, 0.3) is 0 Å². The molecule has 1 N–H and O–H groups in total. The molecule has 0 aliphatic carbocycles. The Morgan fingerprint density at radius 1 is 1.04 bits per heavy atom. The van der Waals surface area contributed by atoms with Gasteiger partial charge in [-0.1, -0.05) is 30.3 Å². The van der Waals surface area contributed by atoms with Crippen LogP contribution < -0.4 is 5.32 Å². The van der Waals surface area contributed by atoms with Crippen LogP contribution in [0.3, 0.4) is 0 Å². The lowest BCUT2D eigenvalue weighted by molar-refractivity contribution is 0.0958. The summed E-state index contributed by atoms with van der Waals surface area (Å²) in [5.41, 5.74) is 1.33. The van der Waals surface area contributed by atoms with Crippen LogP contribution in [-0.4, -0.2) is 64.7 Å². The SMILES string of the molecule is c1ccc(Cn2ccnc2CN2CCN([C@H]3CCNC3)CC2)cc1. The third-order valence-electron chi connectivity index (χ3n) is 5.32. The number of piperazine rings is 1. The molecule has 2 aromatic rings. The summed E-state index contributed by atoms with van der Waals surface area (Å²) in [7, 11) is 0. The third-order valence-corrected chi connectivity index (χ3v) is 5.32. The lowest BCUT2D eigenvalue weighted by Gasteiger charge is -2.37. The molecule has 0 spiro atoms. The van der Waals surface area contributed by atoms with Gasteiger partial charge in [-0.15, -0.1) is 0 Å². The average Bonchev–Trinajstić information content (AvgIpc) is 3.29. The highest BCUT2D eigenvalue weighted by Gasteiger charge is 2.26. The Bertz CT molecular complexity index is 624. The van der Waals surface area contributed by atoms with E-state index in [1.54, 1.807) is 0 Å². The number of benzene rings is 1. The highest BCUT2D eigenvalue weighted by atomic mass is 15.3. The number of rotatable bonds is 5. The summed E-state index contributed by atoms with van der Waals surface area (Å²) in [6, 6.07) is 11.4. The second kappa shape index (κ2) is 7.47. The van der Waals surface area contributed by atoms with Crippen molar-refractivity contribution in [2.45, 2.75) is 25.6 Å². The number of nitrogens with one attached hydrogen (secondary N) is 1. The third kappa shape index (κ3) is 3.69. The van der Waals surface area contributed by atoms with Crippen LogP contribution in [0.2, 0.25) is 0 Å². The number of nitrogens with zero attached hydrogens (tertiary/aromatic N) is 4. The molecule has 0 bridgehead atoms. The molecule has 5 nitrogen and oxygen atoms in total. The van der Waals surface area contributed by atoms with Crippen LogP contribution in [0.1, 0.15) is 17.8 Å². The summed E-state index contributed by atoms with van der Waals surface area (Å²) in [6.45, 7) is 8.88. The number of imidazole rings is 1. The minimum Gasteiger partial charge on any atom is -0.329 e. The summed E-state index contributed by atoms with van der Waals surface area (Å²) in [5.74, 6) is 1.18. The van der Waals surface area contributed by atoms with E-state index in [0.29, 0.717) is 0 Å². The maximum atomic E-state index is 4.60. The van der Waals surface area contributed by atoms with E-state index in [1.165, 1.54) is 44.0 Å². The maximum Gasteiger partial charge on any atom is 0.123 e. The lowest BCUT2D eigenvalue weighted by Crippen LogP contribution is -2.50. The molecule has 2 saturated heterocycles. The highest BCUT2D eigenvalue weighted by molar-refractivity contribution is 5.15. The fourth-order valence-corrected chi connectivity index (χ4v) is 3.85. The summed E-state index contributed by atoms with van der Waals surface area (Å²) in [6.07, 6.45) is 5.34. The van der Waals surface area contributed by atoms with Crippen molar-refractivity contribution >= 4 is 0 Å². The molecule has 1 aromatic heterocycles. The Hall–Kier alpha value is -1.69.